The van der Waals surface area contributed by atoms with Crippen molar-refractivity contribution in [2.45, 2.75) is 0 Å². The van der Waals surface area contributed by atoms with Gasteiger partial charge in [0.1, 0.15) is 28.5 Å². The Hall–Kier alpha value is -4.18. The van der Waals surface area contributed by atoms with Gasteiger partial charge in [-0.15, -0.1) is 0 Å². The van der Waals surface area contributed by atoms with E-state index in [0.717, 1.165) is 27.3 Å². The molecule has 0 aliphatic carbocycles. The standard InChI is InChI=1S/C27H15FO3/c28-22-11-5-4-10-19(22)26-15-23(29)21-14-20(17-8-2-3-9-18(17)27(21)31-26)25-13-16-7-1-6-12-24(16)30-25/h1-15H. The van der Waals surface area contributed by atoms with Gasteiger partial charge in [-0.2, -0.15) is 0 Å². The van der Waals surface area contributed by atoms with Gasteiger partial charge in [0.25, 0.3) is 0 Å². The lowest BCUT2D eigenvalue weighted by molar-refractivity contribution is 0.596. The molecule has 4 aromatic carbocycles. The maximum atomic E-state index is 14.3. The lowest BCUT2D eigenvalue weighted by Crippen LogP contribution is -2.02. The molecule has 0 amide bonds. The Balaban J connectivity index is 1.69. The summed E-state index contributed by atoms with van der Waals surface area (Å²) in [6, 6.07) is 26.8. The summed E-state index contributed by atoms with van der Waals surface area (Å²) in [7, 11) is 0. The second-order valence-electron chi connectivity index (χ2n) is 7.45. The van der Waals surface area contributed by atoms with Gasteiger partial charge in [-0.25, -0.2) is 4.39 Å². The van der Waals surface area contributed by atoms with Gasteiger partial charge in [-0.3, -0.25) is 4.79 Å². The lowest BCUT2D eigenvalue weighted by Gasteiger charge is -2.10. The van der Waals surface area contributed by atoms with Crippen molar-refractivity contribution >= 4 is 32.7 Å². The summed E-state index contributed by atoms with van der Waals surface area (Å²) in [6.07, 6.45) is 0. The minimum atomic E-state index is -0.437. The molecule has 0 aliphatic rings. The van der Waals surface area contributed by atoms with Crippen molar-refractivity contribution in [2.75, 3.05) is 0 Å². The van der Waals surface area contributed by atoms with Gasteiger partial charge in [-0.1, -0.05) is 54.6 Å². The molecule has 2 aromatic heterocycles. The molecule has 31 heavy (non-hydrogen) atoms. The average molecular weight is 406 g/mol. The molecule has 6 rings (SSSR count). The molecule has 0 spiro atoms. The Labute approximate surface area is 176 Å². The van der Waals surface area contributed by atoms with Gasteiger partial charge < -0.3 is 8.83 Å². The first-order valence-electron chi connectivity index (χ1n) is 9.92. The molecule has 0 N–H and O–H groups in total. The van der Waals surface area contributed by atoms with Crippen molar-refractivity contribution in [1.82, 2.24) is 0 Å². The first-order chi connectivity index (χ1) is 15.2. The van der Waals surface area contributed by atoms with Crippen molar-refractivity contribution in [2.24, 2.45) is 0 Å². The highest BCUT2D eigenvalue weighted by atomic mass is 19.1. The number of benzene rings is 4. The zero-order valence-electron chi connectivity index (χ0n) is 16.3. The Kier molecular flexibility index (Phi) is 3.80. The summed E-state index contributed by atoms with van der Waals surface area (Å²) >= 11 is 0. The Morgan fingerprint density at radius 1 is 0.613 bits per heavy atom. The zero-order valence-corrected chi connectivity index (χ0v) is 16.3. The molecule has 0 aliphatic heterocycles. The second-order valence-corrected chi connectivity index (χ2v) is 7.45. The Morgan fingerprint density at radius 3 is 2.16 bits per heavy atom. The number of rotatable bonds is 2. The van der Waals surface area contributed by atoms with Crippen LogP contribution in [0.4, 0.5) is 4.39 Å². The molecule has 6 aromatic rings. The topological polar surface area (TPSA) is 43.4 Å². The van der Waals surface area contributed by atoms with Crippen LogP contribution >= 0.6 is 0 Å². The predicted octanol–water partition coefficient (Wildman–Crippen LogP) is 7.17. The second kappa shape index (κ2) is 6.67. The molecule has 2 heterocycles. The number of para-hydroxylation sites is 1. The van der Waals surface area contributed by atoms with Crippen molar-refractivity contribution < 1.29 is 13.2 Å². The molecule has 0 saturated carbocycles. The molecule has 0 saturated heterocycles. The molecule has 0 radical (unpaired) electrons. The van der Waals surface area contributed by atoms with Crippen LogP contribution in [0.25, 0.3) is 55.4 Å². The van der Waals surface area contributed by atoms with Gasteiger partial charge in [0.15, 0.2) is 5.43 Å². The SMILES string of the molecule is O=c1cc(-c2ccccc2F)oc2c1cc(-c1cc3ccccc3o1)c1ccccc12. The van der Waals surface area contributed by atoms with Crippen LogP contribution in [0.3, 0.4) is 0 Å². The molecule has 0 unspecified atom stereocenters. The van der Waals surface area contributed by atoms with Crippen LogP contribution in [0.2, 0.25) is 0 Å². The van der Waals surface area contributed by atoms with Gasteiger partial charge in [-0.05, 0) is 35.7 Å². The van der Waals surface area contributed by atoms with Gasteiger partial charge >= 0.3 is 0 Å². The first-order valence-corrected chi connectivity index (χ1v) is 9.92. The van der Waals surface area contributed by atoms with E-state index in [0.29, 0.717) is 16.7 Å². The van der Waals surface area contributed by atoms with E-state index in [-0.39, 0.29) is 16.8 Å². The summed E-state index contributed by atoms with van der Waals surface area (Å²) in [5.74, 6) is 0.447. The van der Waals surface area contributed by atoms with Crippen LogP contribution in [0.5, 0.6) is 0 Å². The fourth-order valence-corrected chi connectivity index (χ4v) is 4.09. The van der Waals surface area contributed by atoms with Crippen molar-refractivity contribution in [3.8, 4) is 22.6 Å². The van der Waals surface area contributed by atoms with Crippen LogP contribution in [0.15, 0.2) is 105 Å². The smallest absolute Gasteiger partial charge is 0.193 e. The highest BCUT2D eigenvalue weighted by molar-refractivity contribution is 6.11. The normalized spacial score (nSPS) is 11.5. The van der Waals surface area contributed by atoms with Gasteiger partial charge in [0.05, 0.1) is 10.9 Å². The van der Waals surface area contributed by atoms with Crippen LogP contribution in [0.1, 0.15) is 0 Å². The van der Waals surface area contributed by atoms with Crippen molar-refractivity contribution in [3.63, 3.8) is 0 Å². The third-order valence-corrected chi connectivity index (χ3v) is 5.57. The van der Waals surface area contributed by atoms with E-state index in [1.807, 2.05) is 54.6 Å². The minimum absolute atomic E-state index is 0.206. The number of hydrogen-bond donors (Lipinski definition) is 0. The van der Waals surface area contributed by atoms with E-state index in [2.05, 4.69) is 0 Å². The summed E-state index contributed by atoms with van der Waals surface area (Å²) in [4.78, 5) is 13.1. The average Bonchev–Trinajstić information content (AvgIpc) is 3.23. The first kappa shape index (κ1) is 17.7. The quantitative estimate of drug-likeness (QED) is 0.286. The molecular weight excluding hydrogens is 391 g/mol. The molecule has 148 valence electrons. The van der Waals surface area contributed by atoms with E-state index in [9.17, 15) is 9.18 Å². The van der Waals surface area contributed by atoms with E-state index in [4.69, 9.17) is 8.83 Å². The fourth-order valence-electron chi connectivity index (χ4n) is 4.09. The van der Waals surface area contributed by atoms with E-state index < -0.39 is 5.82 Å². The summed E-state index contributed by atoms with van der Waals surface area (Å²) < 4.78 is 26.5. The number of fused-ring (bicyclic) bond motifs is 4. The highest BCUT2D eigenvalue weighted by Crippen LogP contribution is 2.37. The third kappa shape index (κ3) is 2.76. The highest BCUT2D eigenvalue weighted by Gasteiger charge is 2.17. The number of halogens is 1. The van der Waals surface area contributed by atoms with Crippen LogP contribution in [0, 0.1) is 5.82 Å². The van der Waals surface area contributed by atoms with Crippen LogP contribution in [-0.2, 0) is 0 Å². The van der Waals surface area contributed by atoms with Crippen molar-refractivity contribution in [3.05, 3.63) is 107 Å². The molecule has 3 nitrogen and oxygen atoms in total. The van der Waals surface area contributed by atoms with E-state index >= 15 is 0 Å². The maximum absolute atomic E-state index is 14.3. The maximum Gasteiger partial charge on any atom is 0.193 e. The fraction of sp³-hybridized carbons (Fsp3) is 0. The monoisotopic (exact) mass is 406 g/mol. The van der Waals surface area contributed by atoms with Gasteiger partial charge in [0.2, 0.25) is 0 Å². The lowest BCUT2D eigenvalue weighted by atomic mass is 9.98. The summed E-state index contributed by atoms with van der Waals surface area (Å²) in [5.41, 5.74) is 2.05. The number of hydrogen-bond acceptors (Lipinski definition) is 3. The molecule has 4 heteroatoms. The van der Waals surface area contributed by atoms with E-state index in [1.165, 1.54) is 12.1 Å². The molecular formula is C27H15FO3. The summed E-state index contributed by atoms with van der Waals surface area (Å²) in [6.45, 7) is 0. The Bertz CT molecular complexity index is 1640. The summed E-state index contributed by atoms with van der Waals surface area (Å²) in [5, 5.41) is 3.08. The third-order valence-electron chi connectivity index (χ3n) is 5.57. The molecule has 0 atom stereocenters. The Morgan fingerprint density at radius 2 is 1.32 bits per heavy atom. The zero-order chi connectivity index (χ0) is 20.9. The largest absolute Gasteiger partial charge is 0.456 e. The van der Waals surface area contributed by atoms with Crippen molar-refractivity contribution in [1.29, 1.82) is 0 Å². The predicted molar refractivity (Wildman–Crippen MR) is 121 cm³/mol. The van der Waals surface area contributed by atoms with E-state index in [1.54, 1.807) is 24.3 Å². The van der Waals surface area contributed by atoms with Gasteiger partial charge in [0, 0.05) is 22.4 Å². The van der Waals surface area contributed by atoms with Crippen LogP contribution < -0.4 is 5.43 Å². The molecule has 0 bridgehead atoms. The van der Waals surface area contributed by atoms with Crippen LogP contribution in [-0.4, -0.2) is 0 Å². The molecule has 0 fully saturated rings. The minimum Gasteiger partial charge on any atom is -0.456 e. The number of furan rings is 1.